The lowest BCUT2D eigenvalue weighted by Crippen LogP contribution is -2.28. The van der Waals surface area contributed by atoms with E-state index in [0.29, 0.717) is 11.3 Å². The number of methoxy groups -OCH3 is 1. The summed E-state index contributed by atoms with van der Waals surface area (Å²) in [6.45, 7) is 1.29. The first-order chi connectivity index (χ1) is 9.43. The number of carbonyl (C=O) groups is 1. The number of carbonyl (C=O) groups excluding carboxylic acids is 1. The first-order valence-electron chi connectivity index (χ1n) is 5.66. The van der Waals surface area contributed by atoms with E-state index in [1.807, 2.05) is 0 Å². The Kier molecular flexibility index (Phi) is 3.47. The molecule has 1 aromatic carbocycles. The molecule has 0 N–H and O–H groups in total. The molecule has 8 heteroatoms. The smallest absolute Gasteiger partial charge is 0.325 e. The summed E-state index contributed by atoms with van der Waals surface area (Å²) in [7, 11) is 1.21. The van der Waals surface area contributed by atoms with Crippen LogP contribution in [0.25, 0.3) is 10.9 Å². The number of nitrogens with zero attached hydrogens (tertiary/aromatic N) is 3. The van der Waals surface area contributed by atoms with Crippen molar-refractivity contribution in [2.24, 2.45) is 0 Å². The molecule has 0 aliphatic rings. The number of rotatable bonds is 3. The minimum Gasteiger partial charge on any atom is -0.468 e. The Labute approximate surface area is 112 Å². The number of hydrogen-bond donors (Lipinski definition) is 0. The third kappa shape index (κ3) is 2.35. The van der Waals surface area contributed by atoms with Crippen LogP contribution in [0, 0.1) is 17.0 Å². The zero-order valence-electron chi connectivity index (χ0n) is 10.8. The molecule has 0 aliphatic carbocycles. The van der Waals surface area contributed by atoms with Gasteiger partial charge in [-0.2, -0.15) is 0 Å². The van der Waals surface area contributed by atoms with Gasteiger partial charge in [0.25, 0.3) is 11.2 Å². The quantitative estimate of drug-likeness (QED) is 0.466. The van der Waals surface area contributed by atoms with Gasteiger partial charge in [0.1, 0.15) is 12.4 Å². The average molecular weight is 277 g/mol. The van der Waals surface area contributed by atoms with Crippen molar-refractivity contribution in [1.29, 1.82) is 0 Å². The number of aryl methyl sites for hydroxylation is 1. The largest absolute Gasteiger partial charge is 0.468 e. The number of fused-ring (bicyclic) bond motifs is 1. The Morgan fingerprint density at radius 3 is 2.80 bits per heavy atom. The molecule has 0 saturated heterocycles. The van der Waals surface area contributed by atoms with Crippen LogP contribution in [0.5, 0.6) is 0 Å². The number of non-ortho nitro benzene ring substituents is 1. The van der Waals surface area contributed by atoms with Gasteiger partial charge < -0.3 is 4.74 Å². The number of nitro benzene ring substituents is 1. The summed E-state index contributed by atoms with van der Waals surface area (Å²) in [5.41, 5.74) is -0.370. The Morgan fingerprint density at radius 2 is 2.20 bits per heavy atom. The monoisotopic (exact) mass is 277 g/mol. The summed E-state index contributed by atoms with van der Waals surface area (Å²) in [4.78, 5) is 37.8. The van der Waals surface area contributed by atoms with Gasteiger partial charge in [-0.05, 0) is 13.0 Å². The van der Waals surface area contributed by atoms with Crippen LogP contribution in [0.15, 0.2) is 23.0 Å². The normalized spacial score (nSPS) is 10.5. The average Bonchev–Trinajstić information content (AvgIpc) is 2.42. The predicted octanol–water partition coefficient (Wildman–Crippen LogP) is 0.786. The highest BCUT2D eigenvalue weighted by atomic mass is 16.6. The van der Waals surface area contributed by atoms with Gasteiger partial charge in [-0.1, -0.05) is 0 Å². The van der Waals surface area contributed by atoms with Crippen LogP contribution in [0.4, 0.5) is 5.69 Å². The van der Waals surface area contributed by atoms with E-state index in [4.69, 9.17) is 0 Å². The fraction of sp³-hybridized carbons (Fsp3) is 0.250. The predicted molar refractivity (Wildman–Crippen MR) is 69.4 cm³/mol. The third-order valence-electron chi connectivity index (χ3n) is 2.85. The van der Waals surface area contributed by atoms with Gasteiger partial charge in [0.2, 0.25) is 0 Å². The minimum absolute atomic E-state index is 0.0914. The van der Waals surface area contributed by atoms with E-state index in [1.54, 1.807) is 6.92 Å². The molecule has 104 valence electrons. The summed E-state index contributed by atoms with van der Waals surface area (Å²) >= 11 is 0. The van der Waals surface area contributed by atoms with Crippen LogP contribution >= 0.6 is 0 Å². The number of hydrogen-bond acceptors (Lipinski definition) is 6. The Bertz CT molecular complexity index is 766. The molecular weight excluding hydrogens is 266 g/mol. The maximum atomic E-state index is 12.3. The van der Waals surface area contributed by atoms with Gasteiger partial charge in [0.05, 0.1) is 22.9 Å². The summed E-state index contributed by atoms with van der Waals surface area (Å²) in [6.07, 6.45) is 0. The first-order valence-corrected chi connectivity index (χ1v) is 5.66. The third-order valence-corrected chi connectivity index (χ3v) is 2.85. The molecule has 0 aliphatic heterocycles. The molecule has 0 fully saturated rings. The van der Waals surface area contributed by atoms with E-state index >= 15 is 0 Å². The van der Waals surface area contributed by atoms with Gasteiger partial charge in [0, 0.05) is 12.1 Å². The summed E-state index contributed by atoms with van der Waals surface area (Å²) in [6, 6.07) is 3.83. The molecule has 0 amide bonds. The molecule has 0 bridgehead atoms. The molecule has 8 nitrogen and oxygen atoms in total. The molecule has 0 saturated carbocycles. The number of esters is 1. The fourth-order valence-electron chi connectivity index (χ4n) is 1.81. The van der Waals surface area contributed by atoms with Crippen molar-refractivity contribution in [1.82, 2.24) is 9.55 Å². The summed E-state index contributed by atoms with van der Waals surface area (Å²) in [5.74, 6) is -0.261. The van der Waals surface area contributed by atoms with Crippen LogP contribution in [0.2, 0.25) is 0 Å². The van der Waals surface area contributed by atoms with Gasteiger partial charge >= 0.3 is 5.97 Å². The van der Waals surface area contributed by atoms with Gasteiger partial charge in [-0.3, -0.25) is 24.3 Å². The highest BCUT2D eigenvalue weighted by Gasteiger charge is 2.14. The van der Waals surface area contributed by atoms with E-state index < -0.39 is 16.5 Å². The lowest BCUT2D eigenvalue weighted by atomic mass is 10.2. The molecule has 2 aromatic rings. The summed E-state index contributed by atoms with van der Waals surface area (Å²) in [5, 5.41) is 10.8. The maximum Gasteiger partial charge on any atom is 0.325 e. The van der Waals surface area contributed by atoms with E-state index in [9.17, 15) is 19.7 Å². The van der Waals surface area contributed by atoms with E-state index in [-0.39, 0.29) is 17.6 Å². The second-order valence-electron chi connectivity index (χ2n) is 4.09. The first kappa shape index (κ1) is 13.7. The lowest BCUT2D eigenvalue weighted by molar-refractivity contribution is -0.384. The van der Waals surface area contributed by atoms with Crippen molar-refractivity contribution in [3.8, 4) is 0 Å². The van der Waals surface area contributed by atoms with Crippen molar-refractivity contribution >= 4 is 22.6 Å². The fourth-order valence-corrected chi connectivity index (χ4v) is 1.81. The lowest BCUT2D eigenvalue weighted by Gasteiger charge is -2.09. The second-order valence-corrected chi connectivity index (χ2v) is 4.09. The van der Waals surface area contributed by atoms with Crippen LogP contribution in [0.1, 0.15) is 5.82 Å². The SMILES string of the molecule is COC(=O)Cn1c(C)nc2ccc([N+](=O)[O-])cc2c1=O. The van der Waals surface area contributed by atoms with Crippen LogP contribution in [-0.2, 0) is 16.1 Å². The topological polar surface area (TPSA) is 104 Å². The number of ether oxygens (including phenoxy) is 1. The van der Waals surface area contributed by atoms with Crippen molar-refractivity contribution < 1.29 is 14.5 Å². The van der Waals surface area contributed by atoms with Crippen LogP contribution < -0.4 is 5.56 Å². The number of aromatic nitrogens is 2. The van der Waals surface area contributed by atoms with Crippen molar-refractivity contribution in [2.75, 3.05) is 7.11 Å². The van der Waals surface area contributed by atoms with Crippen molar-refractivity contribution in [2.45, 2.75) is 13.5 Å². The summed E-state index contributed by atoms with van der Waals surface area (Å²) < 4.78 is 5.63. The molecule has 0 atom stereocenters. The van der Waals surface area contributed by atoms with Crippen molar-refractivity contribution in [3.05, 3.63) is 44.5 Å². The second kappa shape index (κ2) is 5.08. The minimum atomic E-state index is -0.596. The maximum absolute atomic E-state index is 12.3. The van der Waals surface area contributed by atoms with E-state index in [2.05, 4.69) is 9.72 Å². The molecular formula is C12H11N3O5. The highest BCUT2D eigenvalue weighted by molar-refractivity contribution is 5.80. The zero-order chi connectivity index (χ0) is 14.9. The number of nitro groups is 1. The zero-order valence-corrected chi connectivity index (χ0v) is 10.8. The number of benzene rings is 1. The molecule has 0 unspecified atom stereocenters. The molecule has 1 aromatic heterocycles. The molecule has 2 rings (SSSR count). The van der Waals surface area contributed by atoms with Crippen LogP contribution in [0.3, 0.4) is 0 Å². The van der Waals surface area contributed by atoms with Crippen molar-refractivity contribution in [3.63, 3.8) is 0 Å². The van der Waals surface area contributed by atoms with Gasteiger partial charge in [0.15, 0.2) is 0 Å². The highest BCUT2D eigenvalue weighted by Crippen LogP contribution is 2.17. The molecule has 0 radical (unpaired) electrons. The van der Waals surface area contributed by atoms with Gasteiger partial charge in [-0.15, -0.1) is 0 Å². The van der Waals surface area contributed by atoms with Gasteiger partial charge in [-0.25, -0.2) is 4.98 Å². The Morgan fingerprint density at radius 1 is 1.50 bits per heavy atom. The Hall–Kier alpha value is -2.77. The molecule has 1 heterocycles. The van der Waals surface area contributed by atoms with E-state index in [1.165, 1.54) is 19.2 Å². The van der Waals surface area contributed by atoms with Crippen LogP contribution in [-0.4, -0.2) is 27.6 Å². The molecule has 20 heavy (non-hydrogen) atoms. The molecule has 0 spiro atoms. The standard InChI is InChI=1S/C12H11N3O5/c1-7-13-10-4-3-8(15(18)19)5-9(10)12(17)14(7)6-11(16)20-2/h3-5H,6H2,1-2H3. The van der Waals surface area contributed by atoms with E-state index in [0.717, 1.165) is 10.6 Å². The Balaban J connectivity index is 2.68.